The smallest absolute Gasteiger partial charge is 0.319 e. The summed E-state index contributed by atoms with van der Waals surface area (Å²) in [6.07, 6.45) is 23.3. The second-order valence-corrected chi connectivity index (χ2v) is 15.3. The molecule has 1 rings (SSSR count). The maximum Gasteiger partial charge on any atom is 0.319 e. The molecule has 0 aliphatic rings. The summed E-state index contributed by atoms with van der Waals surface area (Å²) in [5.41, 5.74) is 4.32. The standard InChI is InChI=1S/C33H60O.H3O3PS/c1-27(2)19-13-7-10-16-22-30-25-26-33(34)32(24-18-12-9-15-21-29(5)6)31(30)23-17-11-8-14-20-28(3)4;1-4(2,3)5/h25-29,34H,7-24H2,1-6H3;(H3,1,2,3,5). The first-order valence-electron chi connectivity index (χ1n) is 15.9. The summed E-state index contributed by atoms with van der Waals surface area (Å²) in [6.45, 7) is 10.2. The van der Waals surface area contributed by atoms with Crippen LogP contribution in [0.3, 0.4) is 0 Å². The van der Waals surface area contributed by atoms with Crippen LogP contribution in [0.1, 0.15) is 155 Å². The predicted octanol–water partition coefficient (Wildman–Crippen LogP) is 10.0. The van der Waals surface area contributed by atoms with Crippen molar-refractivity contribution < 1.29 is 19.8 Å². The van der Waals surface area contributed by atoms with Crippen molar-refractivity contribution in [3.63, 3.8) is 0 Å². The Hall–Kier alpha value is -0.450. The number of phenols is 1. The van der Waals surface area contributed by atoms with Gasteiger partial charge in [0.1, 0.15) is 5.75 Å². The molecule has 0 heterocycles. The molecule has 6 heteroatoms. The minimum absolute atomic E-state index is 0.553. The van der Waals surface area contributed by atoms with Gasteiger partial charge in [-0.15, -0.1) is 0 Å². The fraction of sp³-hybridized carbons (Fsp3) is 0.818. The van der Waals surface area contributed by atoms with Crippen molar-refractivity contribution >= 4 is 18.5 Å². The Balaban J connectivity index is 0.00000263. The van der Waals surface area contributed by atoms with E-state index in [1.807, 2.05) is 6.07 Å². The normalized spacial score (nSPS) is 11.9. The van der Waals surface area contributed by atoms with E-state index in [4.69, 9.17) is 14.7 Å². The van der Waals surface area contributed by atoms with Crippen molar-refractivity contribution in [1.29, 1.82) is 0 Å². The third-order valence-corrected chi connectivity index (χ3v) is 7.40. The van der Waals surface area contributed by atoms with Gasteiger partial charge in [0.05, 0.1) is 0 Å². The van der Waals surface area contributed by atoms with Crippen LogP contribution in [0, 0.1) is 17.8 Å². The average Bonchev–Trinajstić information content (AvgIpc) is 2.81. The topological polar surface area (TPSA) is 80.9 Å². The Morgan fingerprint density at radius 1 is 0.538 bits per heavy atom. The molecular formula is C33H63O4PS. The Morgan fingerprint density at radius 3 is 1.26 bits per heavy atom. The number of benzene rings is 1. The Morgan fingerprint density at radius 2 is 0.872 bits per heavy atom. The molecule has 0 radical (unpaired) electrons. The third kappa shape index (κ3) is 25.0. The number of phenolic OH excluding ortho intramolecular Hbond substituents is 1. The van der Waals surface area contributed by atoms with Gasteiger partial charge in [-0.2, -0.15) is 0 Å². The number of rotatable bonds is 21. The highest BCUT2D eigenvalue weighted by atomic mass is 32.5. The quantitative estimate of drug-likeness (QED) is 0.0851. The van der Waals surface area contributed by atoms with Crippen LogP contribution in [0.25, 0.3) is 0 Å². The molecule has 0 aliphatic heterocycles. The van der Waals surface area contributed by atoms with Gasteiger partial charge in [-0.1, -0.05) is 125 Å². The van der Waals surface area contributed by atoms with Crippen LogP contribution >= 0.6 is 6.72 Å². The van der Waals surface area contributed by atoms with E-state index in [0.29, 0.717) is 5.75 Å². The first kappa shape index (κ1) is 38.5. The Kier molecular flexibility index (Phi) is 22.9. The van der Waals surface area contributed by atoms with Gasteiger partial charge < -0.3 is 19.8 Å². The van der Waals surface area contributed by atoms with Gasteiger partial charge in [-0.05, 0) is 90.8 Å². The number of hydrogen-bond acceptors (Lipinski definition) is 2. The van der Waals surface area contributed by atoms with Gasteiger partial charge >= 0.3 is 6.72 Å². The van der Waals surface area contributed by atoms with Crippen LogP contribution in [0.15, 0.2) is 12.1 Å². The van der Waals surface area contributed by atoms with Gasteiger partial charge in [0.25, 0.3) is 0 Å². The Labute approximate surface area is 247 Å². The number of aryl methyl sites for hydroxylation is 1. The molecule has 0 unspecified atom stereocenters. The first-order valence-corrected chi connectivity index (χ1v) is 18.6. The second-order valence-electron chi connectivity index (χ2n) is 12.8. The molecule has 0 saturated carbocycles. The molecule has 0 aromatic heterocycles. The highest BCUT2D eigenvalue weighted by Gasteiger charge is 2.13. The van der Waals surface area contributed by atoms with Crippen molar-refractivity contribution in [3.05, 3.63) is 28.8 Å². The maximum absolute atomic E-state index is 10.8. The molecule has 4 nitrogen and oxygen atoms in total. The summed E-state index contributed by atoms with van der Waals surface area (Å²) in [5.74, 6) is 3.03. The fourth-order valence-electron chi connectivity index (χ4n) is 5.19. The lowest BCUT2D eigenvalue weighted by molar-refractivity contribution is 0.363. The summed E-state index contributed by atoms with van der Waals surface area (Å²) in [4.78, 5) is 22.7. The SMILES string of the molecule is CC(C)CCCCCCc1ccc(O)c(CCCCCCC(C)C)c1CCCCCCC(C)C.OP(O)(O)=S. The van der Waals surface area contributed by atoms with Crippen LogP contribution in [-0.2, 0) is 31.1 Å². The van der Waals surface area contributed by atoms with E-state index < -0.39 is 6.72 Å². The van der Waals surface area contributed by atoms with Crippen molar-refractivity contribution in [2.24, 2.45) is 17.8 Å². The zero-order chi connectivity index (χ0) is 29.7. The highest BCUT2D eigenvalue weighted by molar-refractivity contribution is 8.06. The largest absolute Gasteiger partial charge is 0.508 e. The van der Waals surface area contributed by atoms with Gasteiger partial charge in [0.15, 0.2) is 0 Å². The van der Waals surface area contributed by atoms with Crippen LogP contribution in [-0.4, -0.2) is 19.8 Å². The summed E-state index contributed by atoms with van der Waals surface area (Å²) in [5, 5.41) is 10.8. The van der Waals surface area contributed by atoms with Gasteiger partial charge in [0.2, 0.25) is 0 Å². The minimum Gasteiger partial charge on any atom is -0.508 e. The molecule has 39 heavy (non-hydrogen) atoms. The second kappa shape index (κ2) is 23.1. The molecule has 0 bridgehead atoms. The van der Waals surface area contributed by atoms with Crippen molar-refractivity contribution in [1.82, 2.24) is 0 Å². The van der Waals surface area contributed by atoms with Crippen LogP contribution in [0.5, 0.6) is 5.75 Å². The molecule has 0 spiro atoms. The van der Waals surface area contributed by atoms with E-state index in [-0.39, 0.29) is 0 Å². The lowest BCUT2D eigenvalue weighted by atomic mass is 9.89. The first-order chi connectivity index (χ1) is 18.3. The van der Waals surface area contributed by atoms with Crippen LogP contribution in [0.4, 0.5) is 0 Å². The molecule has 1 aromatic carbocycles. The maximum atomic E-state index is 10.8. The van der Waals surface area contributed by atoms with Gasteiger partial charge in [0, 0.05) is 0 Å². The molecule has 0 fully saturated rings. The van der Waals surface area contributed by atoms with Crippen molar-refractivity contribution in [2.45, 2.75) is 157 Å². The third-order valence-electron chi connectivity index (χ3n) is 7.40. The summed E-state index contributed by atoms with van der Waals surface area (Å²) in [7, 11) is 0. The summed E-state index contributed by atoms with van der Waals surface area (Å²) >= 11 is 3.60. The molecule has 0 amide bonds. The monoisotopic (exact) mass is 586 g/mol. The number of aromatic hydroxyl groups is 1. The molecule has 1 aromatic rings. The summed E-state index contributed by atoms with van der Waals surface area (Å²) < 4.78 is 0. The molecule has 0 aliphatic carbocycles. The lowest BCUT2D eigenvalue weighted by Gasteiger charge is -2.17. The molecule has 230 valence electrons. The zero-order valence-corrected chi connectivity index (χ0v) is 28.0. The number of hydrogen-bond donors (Lipinski definition) is 4. The predicted molar refractivity (Wildman–Crippen MR) is 174 cm³/mol. The molecular weight excluding hydrogens is 523 g/mol. The molecule has 0 atom stereocenters. The summed E-state index contributed by atoms with van der Waals surface area (Å²) in [6, 6.07) is 4.23. The van der Waals surface area contributed by atoms with Crippen molar-refractivity contribution in [2.75, 3.05) is 0 Å². The molecule has 4 N–H and O–H groups in total. The van der Waals surface area contributed by atoms with E-state index in [0.717, 1.165) is 30.6 Å². The minimum atomic E-state index is -3.81. The Bertz CT molecular complexity index is 765. The van der Waals surface area contributed by atoms with Gasteiger partial charge in [-0.25, -0.2) is 0 Å². The van der Waals surface area contributed by atoms with E-state index >= 15 is 0 Å². The average molecular weight is 587 g/mol. The zero-order valence-electron chi connectivity index (χ0n) is 26.3. The van der Waals surface area contributed by atoms with E-state index in [1.165, 1.54) is 119 Å². The van der Waals surface area contributed by atoms with E-state index in [1.54, 1.807) is 0 Å². The van der Waals surface area contributed by atoms with E-state index in [2.05, 4.69) is 59.4 Å². The van der Waals surface area contributed by atoms with Crippen molar-refractivity contribution in [3.8, 4) is 5.75 Å². The lowest BCUT2D eigenvalue weighted by Crippen LogP contribution is -2.03. The van der Waals surface area contributed by atoms with Gasteiger partial charge in [-0.3, -0.25) is 0 Å². The highest BCUT2D eigenvalue weighted by Crippen LogP contribution is 2.30. The fourth-order valence-corrected chi connectivity index (χ4v) is 5.19. The van der Waals surface area contributed by atoms with Crippen LogP contribution in [0.2, 0.25) is 0 Å². The number of unbranched alkanes of at least 4 members (excludes halogenated alkanes) is 9. The molecule has 0 saturated heterocycles. The van der Waals surface area contributed by atoms with Crippen LogP contribution < -0.4 is 0 Å². The van der Waals surface area contributed by atoms with E-state index in [9.17, 15) is 5.11 Å².